The van der Waals surface area contributed by atoms with E-state index in [-0.39, 0.29) is 11.5 Å². The molecule has 0 unspecified atom stereocenters. The van der Waals surface area contributed by atoms with Crippen molar-refractivity contribution in [1.82, 2.24) is 0 Å². The number of carbonyl (C=O) groups is 3. The molecule has 0 aromatic heterocycles. The number of hydrogen-bond acceptors (Lipinski definition) is 4. The summed E-state index contributed by atoms with van der Waals surface area (Å²) in [6.07, 6.45) is -3.02. The van der Waals surface area contributed by atoms with Gasteiger partial charge in [-0.25, -0.2) is 9.59 Å². The number of hydrogen-bond donors (Lipinski definition) is 3. The van der Waals surface area contributed by atoms with Crippen LogP contribution in [0.5, 0.6) is 0 Å². The average Bonchev–Trinajstić information content (AvgIpc) is 2.74. The predicted octanol–water partition coefficient (Wildman–Crippen LogP) is 5.55. The molecule has 0 atom stereocenters. The van der Waals surface area contributed by atoms with Gasteiger partial charge < -0.3 is 20.4 Å². The maximum Gasteiger partial charge on any atom is 0.490 e. The molecule has 0 spiro atoms. The van der Waals surface area contributed by atoms with E-state index in [1.165, 1.54) is 6.07 Å². The van der Waals surface area contributed by atoms with Gasteiger partial charge in [-0.1, -0.05) is 31.0 Å². The number of aliphatic carboxylic acids is 1. The summed E-state index contributed by atoms with van der Waals surface area (Å²) in [6.45, 7) is 5.73. The number of halogens is 4. The van der Waals surface area contributed by atoms with E-state index >= 15 is 0 Å². The number of carbonyl (C=O) groups excluding carboxylic acids is 1. The monoisotopic (exact) mass is 488 g/mol. The zero-order chi connectivity index (χ0) is 25.2. The van der Waals surface area contributed by atoms with Crippen LogP contribution in [-0.2, 0) is 4.79 Å². The van der Waals surface area contributed by atoms with Crippen molar-refractivity contribution in [3.63, 3.8) is 0 Å². The van der Waals surface area contributed by atoms with Crippen LogP contribution in [0.25, 0.3) is 0 Å². The molecule has 0 saturated carbocycles. The molecule has 3 N–H and O–H groups in total. The number of carboxylic acid groups (broad SMARTS) is 2. The van der Waals surface area contributed by atoms with Crippen molar-refractivity contribution in [2.24, 2.45) is 0 Å². The lowest BCUT2D eigenvalue weighted by atomic mass is 10.1. The number of amides is 1. The van der Waals surface area contributed by atoms with Crippen molar-refractivity contribution < 1.29 is 37.8 Å². The number of carboxylic acids is 2. The smallest absolute Gasteiger partial charge is 0.478 e. The molecule has 1 amide bonds. The van der Waals surface area contributed by atoms with Crippen LogP contribution >= 0.6 is 11.6 Å². The van der Waals surface area contributed by atoms with E-state index in [0.717, 1.165) is 31.6 Å². The third-order valence-corrected chi connectivity index (χ3v) is 4.56. The molecule has 0 radical (unpaired) electrons. The van der Waals surface area contributed by atoms with Gasteiger partial charge in [-0.15, -0.1) is 0 Å². The molecule has 7 nitrogen and oxygen atoms in total. The Kier molecular flexibility index (Phi) is 10.7. The van der Waals surface area contributed by atoms with E-state index in [0.29, 0.717) is 16.3 Å². The van der Waals surface area contributed by atoms with E-state index < -0.39 is 18.1 Å². The quantitative estimate of drug-likeness (QED) is 0.449. The Labute approximate surface area is 193 Å². The molecule has 0 heterocycles. The lowest BCUT2D eigenvalue weighted by Gasteiger charge is -2.26. The molecular weight excluding hydrogens is 465 g/mol. The standard InChI is InChI=1S/C20H23ClN2O3.C2HF3O2/c1-3-5-11-23(4-2)18-10-9-15(20(25)26)13-17(18)22-19(24)14-7-6-8-16(21)12-14;3-2(4,5)1(6)7/h6-10,12-13H,3-5,11H2,1-2H3,(H,22,24)(H,25,26);(H,6,7). The second kappa shape index (κ2) is 12.7. The van der Waals surface area contributed by atoms with Gasteiger partial charge in [0.15, 0.2) is 0 Å². The summed E-state index contributed by atoms with van der Waals surface area (Å²) in [5.41, 5.74) is 1.83. The second-order valence-corrected chi connectivity index (χ2v) is 7.17. The first-order valence-electron chi connectivity index (χ1n) is 9.90. The largest absolute Gasteiger partial charge is 0.490 e. The second-order valence-electron chi connectivity index (χ2n) is 6.74. The van der Waals surface area contributed by atoms with Crippen molar-refractivity contribution in [3.8, 4) is 0 Å². The Bertz CT molecular complexity index is 983. The fourth-order valence-corrected chi connectivity index (χ4v) is 2.86. The first-order valence-corrected chi connectivity index (χ1v) is 10.3. The van der Waals surface area contributed by atoms with Gasteiger partial charge in [0.25, 0.3) is 5.91 Å². The van der Waals surface area contributed by atoms with Crippen molar-refractivity contribution >= 4 is 40.8 Å². The van der Waals surface area contributed by atoms with Crippen LogP contribution < -0.4 is 10.2 Å². The first kappa shape index (κ1) is 27.8. The summed E-state index contributed by atoms with van der Waals surface area (Å²) in [4.78, 5) is 34.9. The maximum absolute atomic E-state index is 12.6. The first-order chi connectivity index (χ1) is 15.4. The molecule has 33 heavy (non-hydrogen) atoms. The summed E-state index contributed by atoms with van der Waals surface area (Å²) in [5, 5.41) is 19.7. The van der Waals surface area contributed by atoms with E-state index in [9.17, 15) is 27.9 Å². The fraction of sp³-hybridized carbons (Fsp3) is 0.318. The van der Waals surface area contributed by atoms with Gasteiger partial charge in [0.1, 0.15) is 0 Å². The molecule has 0 aliphatic heterocycles. The minimum atomic E-state index is -5.08. The van der Waals surface area contributed by atoms with Crippen molar-refractivity contribution in [1.29, 1.82) is 0 Å². The average molecular weight is 489 g/mol. The Morgan fingerprint density at radius 1 is 1.03 bits per heavy atom. The summed E-state index contributed by atoms with van der Waals surface area (Å²) in [5.74, 6) is -4.12. The molecule has 11 heteroatoms. The number of nitrogens with zero attached hydrogens (tertiary/aromatic N) is 1. The highest BCUT2D eigenvalue weighted by Crippen LogP contribution is 2.28. The topological polar surface area (TPSA) is 107 Å². The van der Waals surface area contributed by atoms with Crippen LogP contribution in [0.15, 0.2) is 42.5 Å². The molecule has 0 fully saturated rings. The van der Waals surface area contributed by atoms with Crippen LogP contribution in [0.2, 0.25) is 5.02 Å². The molecule has 0 bridgehead atoms. The number of anilines is 2. The Balaban J connectivity index is 0.000000675. The molecule has 180 valence electrons. The Morgan fingerprint density at radius 2 is 1.67 bits per heavy atom. The Morgan fingerprint density at radius 3 is 2.15 bits per heavy atom. The van der Waals surface area contributed by atoms with E-state index in [1.807, 2.05) is 6.92 Å². The van der Waals surface area contributed by atoms with E-state index in [1.54, 1.807) is 36.4 Å². The van der Waals surface area contributed by atoms with E-state index in [2.05, 4.69) is 17.1 Å². The van der Waals surface area contributed by atoms with Gasteiger partial charge in [0.2, 0.25) is 0 Å². The molecule has 0 aliphatic carbocycles. The van der Waals surface area contributed by atoms with Crippen LogP contribution in [0, 0.1) is 0 Å². The SMILES string of the molecule is CCCCN(CC)c1ccc(C(=O)O)cc1NC(=O)c1cccc(Cl)c1.O=C(O)C(F)(F)F. The number of aromatic carboxylic acids is 1. The van der Waals surface area contributed by atoms with Crippen LogP contribution in [0.3, 0.4) is 0 Å². The van der Waals surface area contributed by atoms with Crippen LogP contribution in [0.1, 0.15) is 47.4 Å². The number of nitrogens with one attached hydrogen (secondary N) is 1. The molecule has 0 aliphatic rings. The zero-order valence-electron chi connectivity index (χ0n) is 17.9. The lowest BCUT2D eigenvalue weighted by Crippen LogP contribution is -2.26. The maximum atomic E-state index is 12.6. The van der Waals surface area contributed by atoms with E-state index in [4.69, 9.17) is 21.5 Å². The molecular formula is C22H24ClF3N2O5. The molecule has 2 aromatic carbocycles. The molecule has 2 aromatic rings. The third-order valence-electron chi connectivity index (χ3n) is 4.33. The van der Waals surface area contributed by atoms with Gasteiger partial charge in [-0.2, -0.15) is 13.2 Å². The van der Waals surface area contributed by atoms with Gasteiger partial charge in [0.05, 0.1) is 16.9 Å². The van der Waals surface area contributed by atoms with Gasteiger partial charge >= 0.3 is 18.1 Å². The third kappa shape index (κ3) is 9.01. The van der Waals surface area contributed by atoms with Crippen LogP contribution in [0.4, 0.5) is 24.5 Å². The zero-order valence-corrected chi connectivity index (χ0v) is 18.7. The summed E-state index contributed by atoms with van der Waals surface area (Å²) in [7, 11) is 0. The fourth-order valence-electron chi connectivity index (χ4n) is 2.67. The number of benzene rings is 2. The molecule has 2 rings (SSSR count). The minimum Gasteiger partial charge on any atom is -0.478 e. The normalized spacial score (nSPS) is 10.6. The van der Waals surface area contributed by atoms with Crippen LogP contribution in [-0.4, -0.2) is 47.3 Å². The summed E-state index contributed by atoms with van der Waals surface area (Å²) in [6, 6.07) is 11.4. The number of rotatable bonds is 8. The van der Waals surface area contributed by atoms with Gasteiger partial charge in [-0.3, -0.25) is 4.79 Å². The summed E-state index contributed by atoms with van der Waals surface area (Å²) < 4.78 is 31.7. The predicted molar refractivity (Wildman–Crippen MR) is 119 cm³/mol. The number of unbranched alkanes of at least 4 members (excludes halogenated alkanes) is 1. The van der Waals surface area contributed by atoms with Crippen molar-refractivity contribution in [3.05, 3.63) is 58.6 Å². The highest BCUT2D eigenvalue weighted by atomic mass is 35.5. The van der Waals surface area contributed by atoms with Gasteiger partial charge in [0, 0.05) is 23.7 Å². The molecule has 0 saturated heterocycles. The minimum absolute atomic E-state index is 0.127. The van der Waals surface area contributed by atoms with Gasteiger partial charge in [-0.05, 0) is 49.7 Å². The number of alkyl halides is 3. The highest BCUT2D eigenvalue weighted by Gasteiger charge is 2.38. The van der Waals surface area contributed by atoms with Crippen molar-refractivity contribution in [2.75, 3.05) is 23.3 Å². The lowest BCUT2D eigenvalue weighted by molar-refractivity contribution is -0.192. The highest BCUT2D eigenvalue weighted by molar-refractivity contribution is 6.31. The summed E-state index contributed by atoms with van der Waals surface area (Å²) >= 11 is 5.95. The van der Waals surface area contributed by atoms with Crippen molar-refractivity contribution in [2.45, 2.75) is 32.9 Å². The Hall–Kier alpha value is -3.27.